The van der Waals surface area contributed by atoms with Crippen molar-refractivity contribution in [1.29, 1.82) is 0 Å². The first-order valence-electron chi connectivity index (χ1n) is 5.56. The zero-order chi connectivity index (χ0) is 14.2. The average Bonchev–Trinajstić information content (AvgIpc) is 2.95. The molecule has 0 radical (unpaired) electrons. The van der Waals surface area contributed by atoms with Crippen LogP contribution in [-0.2, 0) is 6.18 Å². The molecule has 0 fully saturated rings. The smallest absolute Gasteiger partial charge is 0.178 e. The van der Waals surface area contributed by atoms with Gasteiger partial charge >= 0.3 is 6.18 Å². The van der Waals surface area contributed by atoms with E-state index in [-0.39, 0.29) is 4.96 Å². The van der Waals surface area contributed by atoms with Crippen LogP contribution in [0.4, 0.5) is 13.2 Å². The van der Waals surface area contributed by atoms with Crippen LogP contribution in [-0.4, -0.2) is 19.8 Å². The lowest BCUT2D eigenvalue weighted by atomic mass is 10.2. The molecule has 3 aromatic rings. The number of alkyl halides is 3. The standard InChI is InChI=1S/C12H7F3N4S/c13-12(14,15)10-16-17-11-19(10)18-9(20-11)7-6-8-4-2-1-3-5-8/h1-7H/b7-6+. The van der Waals surface area contributed by atoms with E-state index >= 15 is 0 Å². The largest absolute Gasteiger partial charge is 0.453 e. The van der Waals surface area contributed by atoms with E-state index in [1.807, 2.05) is 30.3 Å². The van der Waals surface area contributed by atoms with Crippen molar-refractivity contribution in [2.45, 2.75) is 6.18 Å². The van der Waals surface area contributed by atoms with E-state index in [2.05, 4.69) is 15.3 Å². The third-order valence-electron chi connectivity index (χ3n) is 2.48. The topological polar surface area (TPSA) is 43.1 Å². The van der Waals surface area contributed by atoms with Gasteiger partial charge < -0.3 is 0 Å². The predicted molar refractivity (Wildman–Crippen MR) is 69.0 cm³/mol. The lowest BCUT2D eigenvalue weighted by molar-refractivity contribution is -0.146. The minimum Gasteiger partial charge on any atom is -0.178 e. The number of hydrogen-bond donors (Lipinski definition) is 0. The molecule has 0 spiro atoms. The molecule has 20 heavy (non-hydrogen) atoms. The molecule has 0 atom stereocenters. The summed E-state index contributed by atoms with van der Waals surface area (Å²) in [7, 11) is 0. The monoisotopic (exact) mass is 296 g/mol. The normalized spacial score (nSPS) is 12.6. The van der Waals surface area contributed by atoms with E-state index in [0.29, 0.717) is 5.01 Å². The highest BCUT2D eigenvalue weighted by Gasteiger charge is 2.38. The molecular formula is C12H7F3N4S. The van der Waals surface area contributed by atoms with Crippen molar-refractivity contribution in [2.24, 2.45) is 0 Å². The summed E-state index contributed by atoms with van der Waals surface area (Å²) < 4.78 is 38.6. The summed E-state index contributed by atoms with van der Waals surface area (Å²) in [6.45, 7) is 0. The maximum absolute atomic E-state index is 12.6. The molecule has 0 aliphatic heterocycles. The molecule has 0 saturated heterocycles. The fraction of sp³-hybridized carbons (Fsp3) is 0.0833. The van der Waals surface area contributed by atoms with Crippen molar-refractivity contribution < 1.29 is 13.2 Å². The zero-order valence-corrected chi connectivity index (χ0v) is 10.7. The molecule has 0 aliphatic rings. The molecule has 0 bridgehead atoms. The minimum absolute atomic E-state index is 0.116. The Kier molecular flexibility index (Phi) is 3.01. The SMILES string of the molecule is FC(F)(F)c1nnc2sc(/C=C/c3ccccc3)nn12. The Balaban J connectivity index is 1.94. The van der Waals surface area contributed by atoms with Gasteiger partial charge in [0.05, 0.1) is 0 Å². The number of benzene rings is 1. The van der Waals surface area contributed by atoms with Crippen LogP contribution in [0, 0.1) is 0 Å². The highest BCUT2D eigenvalue weighted by molar-refractivity contribution is 7.17. The Hall–Kier alpha value is -2.22. The molecule has 8 heteroatoms. The quantitative estimate of drug-likeness (QED) is 0.728. The molecule has 0 N–H and O–H groups in total. The van der Waals surface area contributed by atoms with Crippen molar-refractivity contribution in [2.75, 3.05) is 0 Å². The summed E-state index contributed by atoms with van der Waals surface area (Å²) in [6.07, 6.45) is -1.14. The van der Waals surface area contributed by atoms with Crippen molar-refractivity contribution >= 4 is 28.4 Å². The van der Waals surface area contributed by atoms with Crippen molar-refractivity contribution in [3.8, 4) is 0 Å². The summed E-state index contributed by atoms with van der Waals surface area (Å²) in [5, 5.41) is 10.9. The van der Waals surface area contributed by atoms with Crippen LogP contribution in [0.1, 0.15) is 16.4 Å². The van der Waals surface area contributed by atoms with Crippen molar-refractivity contribution in [3.63, 3.8) is 0 Å². The lowest BCUT2D eigenvalue weighted by Crippen LogP contribution is -2.11. The Morgan fingerprint density at radius 2 is 1.80 bits per heavy atom. The molecule has 2 heterocycles. The number of nitrogens with zero attached hydrogens (tertiary/aromatic N) is 4. The van der Waals surface area contributed by atoms with Gasteiger partial charge in [-0.1, -0.05) is 47.7 Å². The van der Waals surface area contributed by atoms with Gasteiger partial charge in [0.25, 0.3) is 5.82 Å². The van der Waals surface area contributed by atoms with Crippen LogP contribution in [0.2, 0.25) is 0 Å². The van der Waals surface area contributed by atoms with Crippen LogP contribution in [0.5, 0.6) is 0 Å². The average molecular weight is 296 g/mol. The molecule has 0 saturated carbocycles. The van der Waals surface area contributed by atoms with E-state index in [9.17, 15) is 13.2 Å². The summed E-state index contributed by atoms with van der Waals surface area (Å²) in [5.74, 6) is -1.11. The van der Waals surface area contributed by atoms with E-state index in [1.54, 1.807) is 12.2 Å². The Morgan fingerprint density at radius 1 is 1.05 bits per heavy atom. The van der Waals surface area contributed by atoms with Crippen molar-refractivity contribution in [3.05, 3.63) is 46.7 Å². The maximum Gasteiger partial charge on any atom is 0.453 e. The van der Waals surface area contributed by atoms with Crippen LogP contribution in [0.3, 0.4) is 0 Å². The van der Waals surface area contributed by atoms with Crippen LogP contribution in [0.15, 0.2) is 30.3 Å². The summed E-state index contributed by atoms with van der Waals surface area (Å²) in [6, 6.07) is 9.41. The van der Waals surface area contributed by atoms with Gasteiger partial charge in [-0.15, -0.1) is 10.2 Å². The summed E-state index contributed by atoms with van der Waals surface area (Å²) >= 11 is 1.04. The van der Waals surface area contributed by atoms with Gasteiger partial charge in [-0.2, -0.15) is 22.8 Å². The van der Waals surface area contributed by atoms with Gasteiger partial charge in [-0.3, -0.25) is 0 Å². The second-order valence-corrected chi connectivity index (χ2v) is 4.89. The summed E-state index contributed by atoms with van der Waals surface area (Å²) in [4.78, 5) is 0.116. The van der Waals surface area contributed by atoms with Crippen LogP contribution >= 0.6 is 11.3 Å². The lowest BCUT2D eigenvalue weighted by Gasteiger charge is -1.99. The molecule has 0 amide bonds. The minimum atomic E-state index is -4.56. The van der Waals surface area contributed by atoms with Gasteiger partial charge in [0.2, 0.25) is 4.96 Å². The number of rotatable bonds is 2. The second-order valence-electron chi connectivity index (χ2n) is 3.90. The fourth-order valence-corrected chi connectivity index (χ4v) is 2.35. The Morgan fingerprint density at radius 3 is 2.50 bits per heavy atom. The highest BCUT2D eigenvalue weighted by Crippen LogP contribution is 2.29. The third-order valence-corrected chi connectivity index (χ3v) is 3.34. The van der Waals surface area contributed by atoms with Crippen LogP contribution in [0.25, 0.3) is 17.1 Å². The van der Waals surface area contributed by atoms with Crippen molar-refractivity contribution in [1.82, 2.24) is 19.8 Å². The van der Waals surface area contributed by atoms with Gasteiger partial charge in [0.15, 0.2) is 0 Å². The number of hydrogen-bond acceptors (Lipinski definition) is 4. The zero-order valence-electron chi connectivity index (χ0n) is 9.87. The Labute approximate surface area is 115 Å². The molecule has 1 aromatic carbocycles. The van der Waals surface area contributed by atoms with E-state index < -0.39 is 12.0 Å². The van der Waals surface area contributed by atoms with E-state index in [4.69, 9.17) is 0 Å². The first kappa shape index (κ1) is 12.8. The molecule has 102 valence electrons. The molecule has 2 aromatic heterocycles. The van der Waals surface area contributed by atoms with Crippen LogP contribution < -0.4 is 0 Å². The maximum atomic E-state index is 12.6. The molecular weight excluding hydrogens is 289 g/mol. The fourth-order valence-electron chi connectivity index (χ4n) is 1.61. The second kappa shape index (κ2) is 4.71. The first-order chi connectivity index (χ1) is 9.54. The van der Waals surface area contributed by atoms with Gasteiger partial charge in [0.1, 0.15) is 5.01 Å². The van der Waals surface area contributed by atoms with Gasteiger partial charge in [-0.25, -0.2) is 0 Å². The third kappa shape index (κ3) is 2.42. The molecule has 0 aliphatic carbocycles. The van der Waals surface area contributed by atoms with E-state index in [0.717, 1.165) is 21.4 Å². The Bertz CT molecular complexity index is 758. The van der Waals surface area contributed by atoms with E-state index in [1.165, 1.54) is 0 Å². The number of fused-ring (bicyclic) bond motifs is 1. The molecule has 4 nitrogen and oxygen atoms in total. The van der Waals surface area contributed by atoms with Gasteiger partial charge in [-0.05, 0) is 11.6 Å². The summed E-state index contributed by atoms with van der Waals surface area (Å²) in [5.41, 5.74) is 0.939. The molecule has 3 rings (SSSR count). The predicted octanol–water partition coefficient (Wildman–Crippen LogP) is 3.38. The molecule has 0 unspecified atom stereocenters. The number of halogens is 3. The van der Waals surface area contributed by atoms with Gasteiger partial charge in [0, 0.05) is 0 Å². The number of aromatic nitrogens is 4. The first-order valence-corrected chi connectivity index (χ1v) is 6.38. The highest BCUT2D eigenvalue weighted by atomic mass is 32.1.